The van der Waals surface area contributed by atoms with Gasteiger partial charge < -0.3 is 9.47 Å². The summed E-state index contributed by atoms with van der Waals surface area (Å²) >= 11 is 0. The Kier molecular flexibility index (Phi) is 6.72. The second-order valence-corrected chi connectivity index (χ2v) is 13.1. The van der Waals surface area contributed by atoms with E-state index in [4.69, 9.17) is 9.47 Å². The van der Waals surface area contributed by atoms with Crippen molar-refractivity contribution in [2.75, 3.05) is 5.01 Å². The number of fused-ring (bicyclic) bond motifs is 4. The van der Waals surface area contributed by atoms with E-state index >= 15 is 0 Å². The molecule has 2 heterocycles. The molecule has 0 N–H and O–H groups in total. The van der Waals surface area contributed by atoms with E-state index in [1.54, 1.807) is 5.01 Å². The summed E-state index contributed by atoms with van der Waals surface area (Å²) in [5.41, 5.74) is 3.71. The van der Waals surface area contributed by atoms with Crippen molar-refractivity contribution in [1.29, 1.82) is 0 Å². The van der Waals surface area contributed by atoms with Crippen LogP contribution in [0.25, 0.3) is 11.1 Å². The maximum atomic E-state index is 14.7. The van der Waals surface area contributed by atoms with Crippen molar-refractivity contribution in [3.63, 3.8) is 0 Å². The Bertz CT molecular complexity index is 1770. The van der Waals surface area contributed by atoms with Crippen molar-refractivity contribution in [2.45, 2.75) is 70.6 Å². The van der Waals surface area contributed by atoms with Crippen LogP contribution >= 0.6 is 0 Å². The molecule has 0 radical (unpaired) electrons. The summed E-state index contributed by atoms with van der Waals surface area (Å²) in [5.74, 6) is -0.192. The first-order chi connectivity index (χ1) is 21.2. The van der Waals surface area contributed by atoms with Crippen molar-refractivity contribution < 1.29 is 19.1 Å². The minimum Gasteiger partial charge on any atom is -0.483 e. The first kappa shape index (κ1) is 28.1. The van der Waals surface area contributed by atoms with Crippen molar-refractivity contribution in [3.05, 3.63) is 124 Å². The van der Waals surface area contributed by atoms with Crippen LogP contribution in [0, 0.1) is 5.41 Å². The Morgan fingerprint density at radius 3 is 2.07 bits per heavy atom. The van der Waals surface area contributed by atoms with Crippen LogP contribution in [0.5, 0.6) is 5.75 Å². The summed E-state index contributed by atoms with van der Waals surface area (Å²) in [4.78, 5) is 42.2. The van der Waals surface area contributed by atoms with Gasteiger partial charge in [-0.05, 0) is 67.9 Å². The van der Waals surface area contributed by atoms with Gasteiger partial charge in [-0.3, -0.25) is 9.59 Å². The van der Waals surface area contributed by atoms with Crippen LogP contribution in [0.15, 0.2) is 95.9 Å². The van der Waals surface area contributed by atoms with Crippen LogP contribution in [0.2, 0.25) is 0 Å². The molecule has 1 amide bonds. The fourth-order valence-electron chi connectivity index (χ4n) is 7.24. The molecule has 4 aromatic rings. The average molecular weight is 589 g/mol. The number of aromatic nitrogens is 1. The Hall–Kier alpha value is -4.65. The predicted molar refractivity (Wildman–Crippen MR) is 169 cm³/mol. The molecule has 1 unspecified atom stereocenters. The zero-order valence-electron chi connectivity index (χ0n) is 25.3. The Morgan fingerprint density at radius 1 is 0.864 bits per heavy atom. The Balaban J connectivity index is 1.37. The number of ketones is 1. The second kappa shape index (κ2) is 10.5. The Morgan fingerprint density at radius 2 is 1.48 bits per heavy atom. The molecule has 1 saturated carbocycles. The van der Waals surface area contributed by atoms with E-state index < -0.39 is 28.6 Å². The second-order valence-electron chi connectivity index (χ2n) is 13.1. The molecular formula is C37H36N2O5. The molecule has 2 aliphatic carbocycles. The van der Waals surface area contributed by atoms with Crippen LogP contribution in [0.3, 0.4) is 0 Å². The summed E-state index contributed by atoms with van der Waals surface area (Å²) < 4.78 is 13.6. The number of rotatable bonds is 5. The smallest absolute Gasteiger partial charge is 0.429 e. The molecule has 3 aromatic carbocycles. The number of Topliss-reactive ketones (excluding diaryl/α,β-unsaturated/α-hetero) is 1. The van der Waals surface area contributed by atoms with Gasteiger partial charge in [0.05, 0.1) is 11.5 Å². The molecule has 7 heteroatoms. The van der Waals surface area contributed by atoms with Crippen LogP contribution in [0.1, 0.15) is 79.6 Å². The number of benzene rings is 3. The molecule has 1 fully saturated rings. The van der Waals surface area contributed by atoms with E-state index in [2.05, 4.69) is 24.3 Å². The standard InChI is InChI=1S/C37H36N2O5/c1-36(2,3)44-35(42)39-31(22-29-27-16-9-7-14-25(27)26-15-8-10-17-28(26)29)37(19-11-20-37)34(41)32-33(30(40)18-21-38(32)39)43-23-24-12-5-4-6-13-24/h4-10,12-18,21,29,31H,11,19-20,22-23H2,1-3H3. The van der Waals surface area contributed by atoms with Crippen LogP contribution < -0.4 is 15.2 Å². The van der Waals surface area contributed by atoms with Gasteiger partial charge in [0, 0.05) is 18.2 Å². The molecular weight excluding hydrogens is 552 g/mol. The monoisotopic (exact) mass is 588 g/mol. The number of hydrogen-bond acceptors (Lipinski definition) is 5. The number of carbonyl (C=O) groups excluding carboxylic acids is 2. The first-order valence-electron chi connectivity index (χ1n) is 15.4. The van der Waals surface area contributed by atoms with Crippen LogP contribution in [-0.4, -0.2) is 28.2 Å². The number of hydrogen-bond donors (Lipinski definition) is 0. The van der Waals surface area contributed by atoms with E-state index in [0.717, 1.165) is 12.0 Å². The molecule has 1 aliphatic heterocycles. The third-order valence-corrected chi connectivity index (χ3v) is 9.34. The van der Waals surface area contributed by atoms with E-state index in [-0.39, 0.29) is 29.8 Å². The van der Waals surface area contributed by atoms with Gasteiger partial charge in [0.15, 0.2) is 17.2 Å². The highest BCUT2D eigenvalue weighted by Gasteiger charge is 2.60. The van der Waals surface area contributed by atoms with Gasteiger partial charge in [-0.25, -0.2) is 14.5 Å². The highest BCUT2D eigenvalue weighted by molar-refractivity contribution is 6.05. The zero-order chi connectivity index (χ0) is 30.6. The van der Waals surface area contributed by atoms with Gasteiger partial charge in [0.1, 0.15) is 12.2 Å². The Labute approximate surface area is 257 Å². The average Bonchev–Trinajstić information content (AvgIpc) is 3.29. The zero-order valence-corrected chi connectivity index (χ0v) is 25.3. The molecule has 1 aromatic heterocycles. The topological polar surface area (TPSA) is 77.8 Å². The van der Waals surface area contributed by atoms with Gasteiger partial charge in [0.2, 0.25) is 5.43 Å². The SMILES string of the molecule is CC(C)(C)OC(=O)N1C(CC2c3ccccc3-c3ccccc32)C2(CCC2)C(=O)c2c(OCc3ccccc3)c(=O)ccn21. The van der Waals surface area contributed by atoms with Crippen molar-refractivity contribution in [1.82, 2.24) is 4.68 Å². The van der Waals surface area contributed by atoms with Gasteiger partial charge in [-0.15, -0.1) is 0 Å². The molecule has 7 rings (SSSR count). The van der Waals surface area contributed by atoms with Crippen molar-refractivity contribution in [2.24, 2.45) is 5.41 Å². The van der Waals surface area contributed by atoms with Gasteiger partial charge in [0.25, 0.3) is 0 Å². The van der Waals surface area contributed by atoms with Crippen molar-refractivity contribution >= 4 is 11.9 Å². The van der Waals surface area contributed by atoms with Crippen LogP contribution in [-0.2, 0) is 11.3 Å². The molecule has 1 spiro atoms. The van der Waals surface area contributed by atoms with E-state index in [0.29, 0.717) is 19.3 Å². The summed E-state index contributed by atoms with van der Waals surface area (Å²) in [6.45, 7) is 5.62. The van der Waals surface area contributed by atoms with Crippen molar-refractivity contribution in [3.8, 4) is 16.9 Å². The highest BCUT2D eigenvalue weighted by Crippen LogP contribution is 2.56. The number of pyridine rings is 1. The third-order valence-electron chi connectivity index (χ3n) is 9.34. The first-order valence-corrected chi connectivity index (χ1v) is 15.4. The lowest BCUT2D eigenvalue weighted by molar-refractivity contribution is 0.0210. The van der Waals surface area contributed by atoms with E-state index in [9.17, 15) is 14.4 Å². The van der Waals surface area contributed by atoms with Gasteiger partial charge in [-0.1, -0.05) is 85.3 Å². The maximum Gasteiger partial charge on any atom is 0.429 e. The summed E-state index contributed by atoms with van der Waals surface area (Å²) in [7, 11) is 0. The molecule has 7 nitrogen and oxygen atoms in total. The van der Waals surface area contributed by atoms with E-state index in [1.165, 1.54) is 39.2 Å². The summed E-state index contributed by atoms with van der Waals surface area (Å²) in [5, 5.41) is 1.60. The number of carbonyl (C=O) groups is 2. The molecule has 0 saturated heterocycles. The fourth-order valence-corrected chi connectivity index (χ4v) is 7.24. The molecule has 44 heavy (non-hydrogen) atoms. The lowest BCUT2D eigenvalue weighted by atomic mass is 9.58. The van der Waals surface area contributed by atoms with Crippen LogP contribution in [0.4, 0.5) is 4.79 Å². The van der Waals surface area contributed by atoms with Gasteiger partial charge >= 0.3 is 6.09 Å². The lowest BCUT2D eigenvalue weighted by Gasteiger charge is -2.54. The number of ether oxygens (including phenoxy) is 2. The third kappa shape index (κ3) is 4.53. The summed E-state index contributed by atoms with van der Waals surface area (Å²) in [6.07, 6.45) is 3.59. The lowest BCUT2D eigenvalue weighted by Crippen LogP contribution is -2.66. The number of nitrogens with zero attached hydrogens (tertiary/aromatic N) is 2. The maximum absolute atomic E-state index is 14.7. The molecule has 0 bridgehead atoms. The molecule has 1 atom stereocenters. The minimum atomic E-state index is -0.859. The molecule has 224 valence electrons. The van der Waals surface area contributed by atoms with E-state index in [1.807, 2.05) is 75.4 Å². The quantitative estimate of drug-likeness (QED) is 0.246. The molecule has 3 aliphatic rings. The fraction of sp³-hybridized carbons (Fsp3) is 0.324. The highest BCUT2D eigenvalue weighted by atomic mass is 16.6. The summed E-state index contributed by atoms with van der Waals surface area (Å²) in [6, 6.07) is 27.1. The predicted octanol–water partition coefficient (Wildman–Crippen LogP) is 7.24. The normalized spacial score (nSPS) is 18.3. The minimum absolute atomic E-state index is 0.0163. The number of amides is 1. The largest absolute Gasteiger partial charge is 0.483 e. The van der Waals surface area contributed by atoms with Gasteiger partial charge in [-0.2, -0.15) is 0 Å².